The van der Waals surface area contributed by atoms with Crippen LogP contribution < -0.4 is 5.73 Å². The Kier molecular flexibility index (Phi) is 4.14. The Bertz CT molecular complexity index is 696. The number of nitrogen functional groups attached to an aromatic ring is 1. The molecule has 0 heterocycles. The van der Waals surface area contributed by atoms with Crippen LogP contribution in [0.3, 0.4) is 0 Å². The highest BCUT2D eigenvalue weighted by Gasteiger charge is 2.34. The number of halogens is 3. The van der Waals surface area contributed by atoms with Gasteiger partial charge in [-0.1, -0.05) is 12.1 Å². The van der Waals surface area contributed by atoms with Gasteiger partial charge in [0.05, 0.1) is 15.5 Å². The highest BCUT2D eigenvalue weighted by molar-refractivity contribution is 9.10. The predicted molar refractivity (Wildman–Crippen MR) is 82.3 cm³/mol. The zero-order valence-corrected chi connectivity index (χ0v) is 13.2. The Morgan fingerprint density at radius 2 is 1.67 bits per heavy atom. The molecule has 0 saturated carbocycles. The molecule has 0 aliphatic rings. The summed E-state index contributed by atoms with van der Waals surface area (Å²) in [5.41, 5.74) is 5.20. The van der Waals surface area contributed by atoms with Gasteiger partial charge in [-0.2, -0.15) is 0 Å². The van der Waals surface area contributed by atoms with E-state index in [-0.39, 0.29) is 4.47 Å². The number of nitrogens with two attached hydrogens (primary N) is 1. The highest BCUT2D eigenvalue weighted by Crippen LogP contribution is 2.32. The fraction of sp³-hybridized carbons (Fsp3) is 0.188. The second-order valence-electron chi connectivity index (χ2n) is 5.29. The molecule has 0 aromatic heterocycles. The zero-order chi connectivity index (χ0) is 15.8. The van der Waals surface area contributed by atoms with Gasteiger partial charge in [-0.3, -0.25) is 4.79 Å². The molecule has 0 bridgehead atoms. The number of carbonyl (C=O) groups excluding carboxylic acids is 1. The summed E-state index contributed by atoms with van der Waals surface area (Å²) >= 11 is 2.97. The summed E-state index contributed by atoms with van der Waals surface area (Å²) in [6.45, 7) is 3.25. The fourth-order valence-corrected chi connectivity index (χ4v) is 2.41. The van der Waals surface area contributed by atoms with Gasteiger partial charge in [0, 0.05) is 5.69 Å². The van der Waals surface area contributed by atoms with Crippen LogP contribution in [0.4, 0.5) is 14.5 Å². The van der Waals surface area contributed by atoms with Crippen molar-refractivity contribution >= 4 is 27.4 Å². The lowest BCUT2D eigenvalue weighted by atomic mass is 9.77. The number of hydrogen-bond acceptors (Lipinski definition) is 2. The van der Waals surface area contributed by atoms with Crippen LogP contribution in [0.25, 0.3) is 0 Å². The highest BCUT2D eigenvalue weighted by atomic mass is 79.9. The molecule has 0 amide bonds. The summed E-state index contributed by atoms with van der Waals surface area (Å²) in [6, 6.07) is 8.97. The van der Waals surface area contributed by atoms with Crippen LogP contribution in [0.15, 0.2) is 40.9 Å². The van der Waals surface area contributed by atoms with Crippen molar-refractivity contribution in [1.82, 2.24) is 0 Å². The van der Waals surface area contributed by atoms with Gasteiger partial charge in [-0.05, 0) is 59.6 Å². The van der Waals surface area contributed by atoms with Gasteiger partial charge < -0.3 is 5.73 Å². The SMILES string of the molecule is CC(C)(C(=O)c1c(F)ccc(Br)c1F)c1ccc(N)cc1. The van der Waals surface area contributed by atoms with Gasteiger partial charge >= 0.3 is 0 Å². The van der Waals surface area contributed by atoms with E-state index in [0.717, 1.165) is 6.07 Å². The number of carbonyl (C=O) groups is 1. The first-order chi connectivity index (χ1) is 9.75. The lowest BCUT2D eigenvalue weighted by Gasteiger charge is -2.24. The van der Waals surface area contributed by atoms with Crippen LogP contribution in [0, 0.1) is 11.6 Å². The van der Waals surface area contributed by atoms with Crippen LogP contribution in [0.5, 0.6) is 0 Å². The summed E-state index contributed by atoms with van der Waals surface area (Å²) < 4.78 is 28.0. The predicted octanol–water partition coefficient (Wildman–Crippen LogP) is 4.47. The topological polar surface area (TPSA) is 43.1 Å². The van der Waals surface area contributed by atoms with Gasteiger partial charge in [0.2, 0.25) is 0 Å². The van der Waals surface area contributed by atoms with Crippen molar-refractivity contribution in [1.29, 1.82) is 0 Å². The van der Waals surface area contributed by atoms with E-state index < -0.39 is 28.4 Å². The second kappa shape index (κ2) is 5.56. The van der Waals surface area contributed by atoms with Crippen molar-refractivity contribution in [2.45, 2.75) is 19.3 Å². The van der Waals surface area contributed by atoms with E-state index in [1.54, 1.807) is 38.1 Å². The molecule has 2 aromatic carbocycles. The van der Waals surface area contributed by atoms with Gasteiger partial charge in [0.15, 0.2) is 11.6 Å². The van der Waals surface area contributed by atoms with Crippen molar-refractivity contribution in [2.75, 3.05) is 5.73 Å². The van der Waals surface area contributed by atoms with Crippen molar-refractivity contribution < 1.29 is 13.6 Å². The standard InChI is InChI=1S/C16H14BrF2NO/c1-16(2,9-3-5-10(20)6-4-9)15(21)13-12(18)8-7-11(17)14(13)19/h3-8H,20H2,1-2H3. The summed E-state index contributed by atoms with van der Waals surface area (Å²) in [4.78, 5) is 12.6. The summed E-state index contributed by atoms with van der Waals surface area (Å²) in [5.74, 6) is -2.38. The van der Waals surface area contributed by atoms with Crippen molar-refractivity contribution in [3.63, 3.8) is 0 Å². The number of hydrogen-bond donors (Lipinski definition) is 1. The zero-order valence-electron chi connectivity index (χ0n) is 11.6. The van der Waals surface area contributed by atoms with E-state index in [1.165, 1.54) is 6.07 Å². The molecule has 0 fully saturated rings. The Morgan fingerprint density at radius 1 is 1.10 bits per heavy atom. The molecule has 0 radical (unpaired) electrons. The largest absolute Gasteiger partial charge is 0.399 e. The molecule has 0 aliphatic carbocycles. The van der Waals surface area contributed by atoms with Crippen LogP contribution >= 0.6 is 15.9 Å². The Labute approximate surface area is 130 Å². The number of anilines is 1. The number of rotatable bonds is 3. The molecule has 2 nitrogen and oxygen atoms in total. The summed E-state index contributed by atoms with van der Waals surface area (Å²) in [6.07, 6.45) is 0. The third-order valence-corrected chi connectivity index (χ3v) is 4.08. The van der Waals surface area contributed by atoms with Crippen molar-refractivity contribution in [3.05, 3.63) is 63.6 Å². The van der Waals surface area contributed by atoms with Crippen LogP contribution in [-0.2, 0) is 5.41 Å². The maximum atomic E-state index is 14.1. The lowest BCUT2D eigenvalue weighted by Crippen LogP contribution is -2.30. The Hall–Kier alpha value is -1.75. The molecule has 2 rings (SSSR count). The third kappa shape index (κ3) is 2.83. The molecule has 0 unspecified atom stereocenters. The molecular weight excluding hydrogens is 340 g/mol. The van der Waals surface area contributed by atoms with Crippen molar-refractivity contribution in [3.8, 4) is 0 Å². The molecule has 5 heteroatoms. The van der Waals surface area contributed by atoms with Gasteiger partial charge in [0.1, 0.15) is 5.82 Å². The molecular formula is C16H14BrF2NO. The van der Waals surface area contributed by atoms with E-state index in [2.05, 4.69) is 15.9 Å². The van der Waals surface area contributed by atoms with E-state index in [4.69, 9.17) is 5.73 Å². The molecule has 0 saturated heterocycles. The smallest absolute Gasteiger partial charge is 0.178 e. The molecule has 2 aromatic rings. The van der Waals surface area contributed by atoms with Crippen molar-refractivity contribution in [2.24, 2.45) is 0 Å². The van der Waals surface area contributed by atoms with Crippen LogP contribution in [0.1, 0.15) is 29.8 Å². The second-order valence-corrected chi connectivity index (χ2v) is 6.15. The molecule has 0 aliphatic heterocycles. The fourth-order valence-electron chi connectivity index (χ4n) is 2.08. The Morgan fingerprint density at radius 3 is 2.24 bits per heavy atom. The monoisotopic (exact) mass is 353 g/mol. The maximum absolute atomic E-state index is 14.1. The Balaban J connectivity index is 2.53. The molecule has 0 atom stereocenters. The summed E-state index contributed by atoms with van der Waals surface area (Å²) in [5, 5.41) is 0. The van der Waals surface area contributed by atoms with Gasteiger partial charge in [-0.15, -0.1) is 0 Å². The van der Waals surface area contributed by atoms with E-state index in [0.29, 0.717) is 11.3 Å². The minimum atomic E-state index is -1.07. The molecule has 2 N–H and O–H groups in total. The number of ketones is 1. The summed E-state index contributed by atoms with van der Waals surface area (Å²) in [7, 11) is 0. The minimum absolute atomic E-state index is 0.0559. The first-order valence-corrected chi connectivity index (χ1v) is 7.08. The van der Waals surface area contributed by atoms with Gasteiger partial charge in [0.25, 0.3) is 0 Å². The first-order valence-electron chi connectivity index (χ1n) is 6.29. The van der Waals surface area contributed by atoms with E-state index in [1.807, 2.05) is 0 Å². The van der Waals surface area contributed by atoms with E-state index in [9.17, 15) is 13.6 Å². The van der Waals surface area contributed by atoms with E-state index >= 15 is 0 Å². The number of Topliss-reactive ketones (excluding diaryl/α,β-unsaturated/α-hetero) is 1. The minimum Gasteiger partial charge on any atom is -0.399 e. The number of benzene rings is 2. The molecule has 0 spiro atoms. The lowest BCUT2D eigenvalue weighted by molar-refractivity contribution is 0.0899. The first kappa shape index (κ1) is 15.6. The third-order valence-electron chi connectivity index (χ3n) is 3.47. The van der Waals surface area contributed by atoms with Crippen LogP contribution in [0.2, 0.25) is 0 Å². The quantitative estimate of drug-likeness (QED) is 0.502. The van der Waals surface area contributed by atoms with Gasteiger partial charge in [-0.25, -0.2) is 8.78 Å². The van der Waals surface area contributed by atoms with Crippen LogP contribution in [-0.4, -0.2) is 5.78 Å². The molecule has 21 heavy (non-hydrogen) atoms. The average Bonchev–Trinajstić information content (AvgIpc) is 2.43. The molecule has 110 valence electrons. The maximum Gasteiger partial charge on any atom is 0.178 e. The normalized spacial score (nSPS) is 11.5. The average molecular weight is 354 g/mol.